The first-order valence-corrected chi connectivity index (χ1v) is 10.2. The number of hydrogen-bond acceptors (Lipinski definition) is 6. The fourth-order valence-corrected chi connectivity index (χ4v) is 3.38. The van der Waals surface area contributed by atoms with Gasteiger partial charge in [-0.05, 0) is 44.2 Å². The van der Waals surface area contributed by atoms with E-state index in [1.165, 1.54) is 11.8 Å². The number of carbonyl (C=O) groups is 3. The zero-order valence-corrected chi connectivity index (χ0v) is 17.3. The van der Waals surface area contributed by atoms with Crippen molar-refractivity contribution in [3.63, 3.8) is 0 Å². The Balaban J connectivity index is 2.09. The van der Waals surface area contributed by atoms with Crippen LogP contribution in [0.2, 0.25) is 0 Å². The molecule has 0 spiro atoms. The summed E-state index contributed by atoms with van der Waals surface area (Å²) in [5, 5.41) is 2.88. The predicted molar refractivity (Wildman–Crippen MR) is 115 cm³/mol. The molecule has 0 saturated heterocycles. The number of nitrogens with one attached hydrogen (secondary N) is 1. The summed E-state index contributed by atoms with van der Waals surface area (Å²) in [6.07, 6.45) is 0. The Morgan fingerprint density at radius 3 is 2.55 bits per heavy atom. The summed E-state index contributed by atoms with van der Waals surface area (Å²) in [6, 6.07) is 14.2. The first-order valence-electron chi connectivity index (χ1n) is 9.26. The van der Waals surface area contributed by atoms with Gasteiger partial charge in [-0.2, -0.15) is 0 Å². The Kier molecular flexibility index (Phi) is 8.54. The molecule has 2 aromatic rings. The highest BCUT2D eigenvalue weighted by molar-refractivity contribution is 8.00. The Bertz CT molecular complexity index is 873. The molecule has 0 aromatic heterocycles. The van der Waals surface area contributed by atoms with Gasteiger partial charge in [-0.3, -0.25) is 9.59 Å². The second-order valence-electron chi connectivity index (χ2n) is 6.08. The number of esters is 1. The Morgan fingerprint density at radius 2 is 1.86 bits per heavy atom. The molecule has 8 heteroatoms. The zero-order chi connectivity index (χ0) is 21.2. The molecule has 154 valence electrons. The van der Waals surface area contributed by atoms with Gasteiger partial charge in [-0.25, -0.2) is 4.79 Å². The number of benzene rings is 2. The maximum Gasteiger partial charge on any atom is 0.338 e. The summed E-state index contributed by atoms with van der Waals surface area (Å²) >= 11 is 1.27. The maximum absolute atomic E-state index is 12.6. The van der Waals surface area contributed by atoms with E-state index in [0.717, 1.165) is 10.6 Å². The quantitative estimate of drug-likeness (QED) is 0.457. The number of thioether (sulfide) groups is 1. The summed E-state index contributed by atoms with van der Waals surface area (Å²) in [5.41, 5.74) is 7.03. The average Bonchev–Trinajstić information content (AvgIpc) is 2.71. The number of nitrogens with two attached hydrogens (primary N) is 1. The van der Waals surface area contributed by atoms with Crippen LogP contribution < -0.4 is 16.0 Å². The first kappa shape index (κ1) is 22.3. The Labute approximate surface area is 174 Å². The van der Waals surface area contributed by atoms with Gasteiger partial charge >= 0.3 is 5.97 Å². The molecule has 0 heterocycles. The molecule has 2 aromatic carbocycles. The van der Waals surface area contributed by atoms with Crippen LogP contribution in [0.25, 0.3) is 0 Å². The third kappa shape index (κ3) is 6.83. The highest BCUT2D eigenvalue weighted by Crippen LogP contribution is 2.27. The van der Waals surface area contributed by atoms with E-state index >= 15 is 0 Å². The molecule has 0 fully saturated rings. The van der Waals surface area contributed by atoms with Crippen LogP contribution in [0.15, 0.2) is 53.4 Å². The number of hydrogen-bond donors (Lipinski definition) is 2. The van der Waals surface area contributed by atoms with Crippen molar-refractivity contribution in [2.75, 3.05) is 35.7 Å². The van der Waals surface area contributed by atoms with Crippen LogP contribution in [0.1, 0.15) is 24.2 Å². The van der Waals surface area contributed by atoms with Gasteiger partial charge < -0.3 is 20.7 Å². The summed E-state index contributed by atoms with van der Waals surface area (Å²) in [7, 11) is 0. The van der Waals surface area contributed by atoms with Crippen molar-refractivity contribution < 1.29 is 19.1 Å². The van der Waals surface area contributed by atoms with Crippen LogP contribution in [0, 0.1) is 0 Å². The van der Waals surface area contributed by atoms with Crippen LogP contribution in [0.4, 0.5) is 11.4 Å². The average molecular weight is 416 g/mol. The fourth-order valence-electron chi connectivity index (χ4n) is 2.64. The number of amides is 2. The van der Waals surface area contributed by atoms with Crippen LogP contribution in [-0.4, -0.2) is 43.2 Å². The van der Waals surface area contributed by atoms with E-state index in [1.807, 2.05) is 36.1 Å². The van der Waals surface area contributed by atoms with Crippen molar-refractivity contribution in [2.24, 2.45) is 5.73 Å². The van der Waals surface area contributed by atoms with Crippen LogP contribution >= 0.6 is 11.8 Å². The minimum absolute atomic E-state index is 0.109. The first-order chi connectivity index (χ1) is 13.9. The van der Waals surface area contributed by atoms with Gasteiger partial charge in [0.2, 0.25) is 11.8 Å². The van der Waals surface area contributed by atoms with E-state index < -0.39 is 11.9 Å². The molecule has 3 N–H and O–H groups in total. The number of ether oxygens (including phenoxy) is 1. The summed E-state index contributed by atoms with van der Waals surface area (Å²) in [5.74, 6) is -0.889. The predicted octanol–water partition coefficient (Wildman–Crippen LogP) is 2.91. The van der Waals surface area contributed by atoms with Crippen molar-refractivity contribution in [2.45, 2.75) is 18.7 Å². The van der Waals surface area contributed by atoms with Crippen LogP contribution in [0.5, 0.6) is 0 Å². The highest BCUT2D eigenvalue weighted by atomic mass is 32.2. The molecule has 7 nitrogen and oxygen atoms in total. The second-order valence-corrected chi connectivity index (χ2v) is 7.10. The molecule has 0 bridgehead atoms. The van der Waals surface area contributed by atoms with Gasteiger partial charge in [0.25, 0.3) is 0 Å². The molecule has 0 aliphatic carbocycles. The molecule has 29 heavy (non-hydrogen) atoms. The topological polar surface area (TPSA) is 102 Å². The Morgan fingerprint density at radius 1 is 1.10 bits per heavy atom. The molecule has 2 rings (SSSR count). The Hall–Kier alpha value is -3.00. The lowest BCUT2D eigenvalue weighted by Crippen LogP contribution is -2.33. The molecule has 2 amide bonds. The molecule has 0 unspecified atom stereocenters. The van der Waals surface area contributed by atoms with Crippen LogP contribution in [0.3, 0.4) is 0 Å². The smallest absolute Gasteiger partial charge is 0.338 e. The number of nitrogens with zero attached hydrogens (tertiary/aromatic N) is 1. The molecule has 0 atom stereocenters. The van der Waals surface area contributed by atoms with Crippen molar-refractivity contribution in [3.8, 4) is 0 Å². The zero-order valence-electron chi connectivity index (χ0n) is 16.5. The van der Waals surface area contributed by atoms with Crippen molar-refractivity contribution >= 4 is 40.9 Å². The van der Waals surface area contributed by atoms with E-state index in [1.54, 1.807) is 31.2 Å². The van der Waals surface area contributed by atoms with E-state index in [9.17, 15) is 14.4 Å². The van der Waals surface area contributed by atoms with Gasteiger partial charge in [-0.15, -0.1) is 11.8 Å². The lowest BCUT2D eigenvalue weighted by Gasteiger charge is -2.23. The number of rotatable bonds is 10. The number of anilines is 2. The van der Waals surface area contributed by atoms with Gasteiger partial charge in [0.15, 0.2) is 0 Å². The number of likely N-dealkylation sites (N-methyl/N-ethyl adjacent to an activating group) is 1. The van der Waals surface area contributed by atoms with E-state index in [4.69, 9.17) is 10.5 Å². The summed E-state index contributed by atoms with van der Waals surface area (Å²) in [4.78, 5) is 38.3. The molecule has 0 radical (unpaired) electrons. The van der Waals surface area contributed by atoms with Crippen molar-refractivity contribution in [3.05, 3.63) is 54.1 Å². The summed E-state index contributed by atoms with van der Waals surface area (Å²) < 4.78 is 5.04. The number of primary amides is 1. The summed E-state index contributed by atoms with van der Waals surface area (Å²) in [6.45, 7) is 4.68. The maximum atomic E-state index is 12.6. The minimum Gasteiger partial charge on any atom is -0.462 e. The molecular formula is C21H25N3O4S. The SMILES string of the molecule is CCOC(=O)c1cccc(N(CC)CC(=O)Nc2ccccc2SCC(N)=O)c1. The molecular weight excluding hydrogens is 390 g/mol. The third-order valence-electron chi connectivity index (χ3n) is 3.97. The number of para-hydroxylation sites is 1. The normalized spacial score (nSPS) is 10.3. The third-order valence-corrected chi connectivity index (χ3v) is 5.07. The van der Waals surface area contributed by atoms with Crippen molar-refractivity contribution in [1.29, 1.82) is 0 Å². The molecule has 0 aliphatic heterocycles. The number of carbonyl (C=O) groups excluding carboxylic acids is 3. The standard InChI is InChI=1S/C21H25N3O4S/c1-3-24(16-9-7-8-15(12-16)21(27)28-4-2)13-20(26)23-17-10-5-6-11-18(17)29-14-19(22)25/h5-12H,3-4,13-14H2,1-2H3,(H2,22,25)(H,23,26). The van der Waals surface area contributed by atoms with Gasteiger partial charge in [0.1, 0.15) is 0 Å². The minimum atomic E-state index is -0.422. The van der Waals surface area contributed by atoms with Gasteiger partial charge in [0.05, 0.1) is 30.2 Å². The van der Waals surface area contributed by atoms with Gasteiger partial charge in [-0.1, -0.05) is 18.2 Å². The van der Waals surface area contributed by atoms with E-state index in [2.05, 4.69) is 5.32 Å². The molecule has 0 saturated carbocycles. The highest BCUT2D eigenvalue weighted by Gasteiger charge is 2.14. The monoisotopic (exact) mass is 415 g/mol. The van der Waals surface area contributed by atoms with E-state index in [-0.39, 0.29) is 18.2 Å². The second kappa shape index (κ2) is 11.1. The lowest BCUT2D eigenvalue weighted by molar-refractivity contribution is -0.116. The van der Waals surface area contributed by atoms with Crippen molar-refractivity contribution in [1.82, 2.24) is 0 Å². The molecule has 0 aliphatic rings. The fraction of sp³-hybridized carbons (Fsp3) is 0.286. The van der Waals surface area contributed by atoms with Gasteiger partial charge in [0, 0.05) is 17.1 Å². The largest absolute Gasteiger partial charge is 0.462 e. The van der Waals surface area contributed by atoms with Crippen LogP contribution in [-0.2, 0) is 14.3 Å². The lowest BCUT2D eigenvalue weighted by atomic mass is 10.2. The van der Waals surface area contributed by atoms with E-state index in [0.29, 0.717) is 24.4 Å².